The van der Waals surface area contributed by atoms with Crippen LogP contribution in [0.5, 0.6) is 0 Å². The fourth-order valence-electron chi connectivity index (χ4n) is 0.833. The Labute approximate surface area is 101 Å². The summed E-state index contributed by atoms with van der Waals surface area (Å²) < 4.78 is 0. The van der Waals surface area contributed by atoms with Crippen LogP contribution in [0.15, 0.2) is 73.6 Å². The second-order valence-electron chi connectivity index (χ2n) is 2.65. The van der Waals surface area contributed by atoms with Gasteiger partial charge in [0.15, 0.2) is 0 Å². The van der Waals surface area contributed by atoms with Crippen LogP contribution in [-0.2, 0) is 0 Å². The SMILES string of the molecule is Cl.c1cc[nH]c1.c1cc[nH]c1.c1cc[nH]c1. The van der Waals surface area contributed by atoms with Gasteiger partial charge in [0, 0.05) is 37.2 Å². The molecule has 0 radical (unpaired) electrons. The van der Waals surface area contributed by atoms with Crippen molar-refractivity contribution in [3.63, 3.8) is 0 Å². The molecule has 3 aromatic heterocycles. The van der Waals surface area contributed by atoms with Gasteiger partial charge >= 0.3 is 0 Å². The summed E-state index contributed by atoms with van der Waals surface area (Å²) >= 11 is 0. The van der Waals surface area contributed by atoms with E-state index in [9.17, 15) is 0 Å². The topological polar surface area (TPSA) is 47.4 Å². The summed E-state index contributed by atoms with van der Waals surface area (Å²) in [6.45, 7) is 0. The average molecular weight is 238 g/mol. The van der Waals surface area contributed by atoms with Crippen LogP contribution in [0.1, 0.15) is 0 Å². The van der Waals surface area contributed by atoms with Gasteiger partial charge in [-0.1, -0.05) is 0 Å². The molecule has 0 unspecified atom stereocenters. The van der Waals surface area contributed by atoms with Crippen LogP contribution in [0.25, 0.3) is 0 Å². The number of rotatable bonds is 0. The molecule has 0 aliphatic rings. The van der Waals surface area contributed by atoms with Gasteiger partial charge in [0.2, 0.25) is 0 Å². The van der Waals surface area contributed by atoms with Gasteiger partial charge in [-0.3, -0.25) is 0 Å². The Kier molecular flexibility index (Phi) is 9.90. The van der Waals surface area contributed by atoms with Crippen molar-refractivity contribution in [2.24, 2.45) is 0 Å². The first kappa shape index (κ1) is 14.1. The molecule has 3 rings (SSSR count). The van der Waals surface area contributed by atoms with Crippen LogP contribution in [0.4, 0.5) is 0 Å². The van der Waals surface area contributed by atoms with Gasteiger partial charge in [-0.2, -0.15) is 0 Å². The van der Waals surface area contributed by atoms with Crippen molar-refractivity contribution in [2.45, 2.75) is 0 Å². The first-order valence-corrected chi connectivity index (χ1v) is 4.73. The first-order valence-electron chi connectivity index (χ1n) is 4.73. The largest absolute Gasteiger partial charge is 0.368 e. The van der Waals surface area contributed by atoms with Crippen molar-refractivity contribution >= 4 is 12.4 Å². The van der Waals surface area contributed by atoms with E-state index in [0.29, 0.717) is 0 Å². The van der Waals surface area contributed by atoms with E-state index in [1.807, 2.05) is 73.6 Å². The first-order chi connectivity index (χ1) is 7.50. The van der Waals surface area contributed by atoms with Gasteiger partial charge in [0.05, 0.1) is 0 Å². The van der Waals surface area contributed by atoms with Crippen molar-refractivity contribution in [3.05, 3.63) is 73.6 Å². The number of aromatic nitrogens is 3. The molecule has 3 aromatic rings. The molecule has 0 aliphatic carbocycles. The summed E-state index contributed by atoms with van der Waals surface area (Å²) in [5, 5.41) is 0. The second-order valence-corrected chi connectivity index (χ2v) is 2.65. The summed E-state index contributed by atoms with van der Waals surface area (Å²) in [6.07, 6.45) is 11.2. The highest BCUT2D eigenvalue weighted by Crippen LogP contribution is 1.73. The van der Waals surface area contributed by atoms with Gasteiger partial charge in [0.1, 0.15) is 0 Å². The summed E-state index contributed by atoms with van der Waals surface area (Å²) in [6, 6.07) is 11.7. The Morgan fingerprint density at radius 2 is 0.562 bits per heavy atom. The summed E-state index contributed by atoms with van der Waals surface area (Å²) in [5.74, 6) is 0. The lowest BCUT2D eigenvalue weighted by Gasteiger charge is -1.49. The number of halogens is 1. The summed E-state index contributed by atoms with van der Waals surface area (Å²) in [4.78, 5) is 8.58. The molecule has 0 atom stereocenters. The molecule has 0 aromatic carbocycles. The molecular formula is C12H16ClN3. The van der Waals surface area contributed by atoms with E-state index in [4.69, 9.17) is 0 Å². The highest BCUT2D eigenvalue weighted by Gasteiger charge is 1.56. The van der Waals surface area contributed by atoms with Crippen LogP contribution in [-0.4, -0.2) is 15.0 Å². The summed E-state index contributed by atoms with van der Waals surface area (Å²) in [7, 11) is 0. The van der Waals surface area contributed by atoms with Crippen molar-refractivity contribution < 1.29 is 0 Å². The Morgan fingerprint density at radius 3 is 0.625 bits per heavy atom. The van der Waals surface area contributed by atoms with Crippen LogP contribution in [0.2, 0.25) is 0 Å². The van der Waals surface area contributed by atoms with Crippen molar-refractivity contribution in [3.8, 4) is 0 Å². The Balaban J connectivity index is 0.000000205. The van der Waals surface area contributed by atoms with E-state index in [1.165, 1.54) is 0 Å². The predicted octanol–water partition coefficient (Wildman–Crippen LogP) is 3.47. The molecule has 0 amide bonds. The number of aromatic amines is 3. The third-order valence-corrected chi connectivity index (χ3v) is 1.49. The summed E-state index contributed by atoms with van der Waals surface area (Å²) in [5.41, 5.74) is 0. The molecule has 16 heavy (non-hydrogen) atoms. The maximum atomic E-state index is 2.86. The normalized spacial score (nSPS) is 7.50. The monoisotopic (exact) mass is 237 g/mol. The van der Waals surface area contributed by atoms with Gasteiger partial charge < -0.3 is 15.0 Å². The molecule has 0 saturated carbocycles. The molecule has 0 fully saturated rings. The third kappa shape index (κ3) is 8.72. The lowest BCUT2D eigenvalue weighted by Crippen LogP contribution is -1.38. The van der Waals surface area contributed by atoms with Crippen LogP contribution in [0, 0.1) is 0 Å². The zero-order chi connectivity index (χ0) is 10.6. The van der Waals surface area contributed by atoms with E-state index in [-0.39, 0.29) is 12.4 Å². The zero-order valence-corrected chi connectivity index (χ0v) is 9.65. The van der Waals surface area contributed by atoms with E-state index in [0.717, 1.165) is 0 Å². The maximum Gasteiger partial charge on any atom is 0.000496 e. The minimum atomic E-state index is 0. The van der Waals surface area contributed by atoms with Crippen LogP contribution < -0.4 is 0 Å². The van der Waals surface area contributed by atoms with Crippen molar-refractivity contribution in [2.75, 3.05) is 0 Å². The number of H-pyrrole nitrogens is 3. The zero-order valence-electron chi connectivity index (χ0n) is 8.84. The smallest absolute Gasteiger partial charge is 0.000496 e. The highest BCUT2D eigenvalue weighted by molar-refractivity contribution is 5.85. The van der Waals surface area contributed by atoms with Gasteiger partial charge in [0.25, 0.3) is 0 Å². The van der Waals surface area contributed by atoms with E-state index >= 15 is 0 Å². The van der Waals surface area contributed by atoms with E-state index < -0.39 is 0 Å². The molecule has 0 bridgehead atoms. The van der Waals surface area contributed by atoms with Crippen LogP contribution in [0.3, 0.4) is 0 Å². The number of hydrogen-bond donors (Lipinski definition) is 3. The number of hydrogen-bond acceptors (Lipinski definition) is 0. The molecule has 3 heterocycles. The second kappa shape index (κ2) is 11.2. The Bertz CT molecular complexity index is 248. The van der Waals surface area contributed by atoms with Gasteiger partial charge in [-0.05, 0) is 36.4 Å². The molecule has 4 heteroatoms. The van der Waals surface area contributed by atoms with E-state index in [2.05, 4.69) is 15.0 Å². The quantitative estimate of drug-likeness (QED) is 0.536. The average Bonchev–Trinajstić information content (AvgIpc) is 3.09. The molecule has 0 saturated heterocycles. The van der Waals surface area contributed by atoms with Crippen molar-refractivity contribution in [1.82, 2.24) is 15.0 Å². The van der Waals surface area contributed by atoms with Crippen LogP contribution >= 0.6 is 12.4 Å². The molecule has 0 aliphatic heterocycles. The van der Waals surface area contributed by atoms with Gasteiger partial charge in [-0.15, -0.1) is 12.4 Å². The molecule has 3 N–H and O–H groups in total. The number of nitrogens with one attached hydrogen (secondary N) is 3. The van der Waals surface area contributed by atoms with Crippen molar-refractivity contribution in [1.29, 1.82) is 0 Å². The van der Waals surface area contributed by atoms with Gasteiger partial charge in [-0.25, -0.2) is 0 Å². The fourth-order valence-corrected chi connectivity index (χ4v) is 0.833. The highest BCUT2D eigenvalue weighted by atomic mass is 35.5. The molecule has 0 spiro atoms. The lowest BCUT2D eigenvalue weighted by molar-refractivity contribution is 1.41. The molecule has 3 nitrogen and oxygen atoms in total. The maximum absolute atomic E-state index is 2.86. The lowest BCUT2D eigenvalue weighted by atomic mass is 10.7. The molecule has 86 valence electrons. The van der Waals surface area contributed by atoms with E-state index in [1.54, 1.807) is 0 Å². The predicted molar refractivity (Wildman–Crippen MR) is 69.6 cm³/mol. The Hall–Kier alpha value is -1.87. The minimum Gasteiger partial charge on any atom is -0.368 e. The Morgan fingerprint density at radius 1 is 0.375 bits per heavy atom. The fraction of sp³-hybridized carbons (Fsp3) is 0. The molecular weight excluding hydrogens is 222 g/mol. The minimum absolute atomic E-state index is 0. The standard InChI is InChI=1S/3C4H5N.ClH/c3*1-2-4-5-3-1;/h3*1-5H;1H. The third-order valence-electron chi connectivity index (χ3n) is 1.49.